The molecule has 0 unspecified atom stereocenters. The van der Waals surface area contributed by atoms with Gasteiger partial charge < -0.3 is 4.74 Å². The molecule has 0 aromatic heterocycles. The van der Waals surface area contributed by atoms with Crippen molar-refractivity contribution in [2.75, 3.05) is 0 Å². The van der Waals surface area contributed by atoms with Crippen molar-refractivity contribution < 1.29 is 14.5 Å². The van der Waals surface area contributed by atoms with Crippen molar-refractivity contribution in [3.63, 3.8) is 0 Å². The van der Waals surface area contributed by atoms with E-state index in [9.17, 15) is 14.9 Å². The van der Waals surface area contributed by atoms with Crippen LogP contribution in [0.3, 0.4) is 0 Å². The van der Waals surface area contributed by atoms with Crippen LogP contribution in [0.15, 0.2) is 64.3 Å². The molecule has 6 heteroatoms. The molecule has 5 nitrogen and oxygen atoms in total. The lowest BCUT2D eigenvalue weighted by molar-refractivity contribution is -0.384. The van der Waals surface area contributed by atoms with E-state index in [1.807, 2.05) is 24.3 Å². The highest BCUT2D eigenvalue weighted by Gasteiger charge is 2.46. The molecular weight excluding hydrogens is 422 g/mol. The maximum Gasteiger partial charge on any atom is 0.269 e. The summed E-state index contributed by atoms with van der Waals surface area (Å²) in [6.45, 7) is 4.15. The molecule has 0 spiro atoms. The molecule has 2 atom stereocenters. The first-order chi connectivity index (χ1) is 13.2. The Balaban J connectivity index is 1.79. The number of allylic oxidation sites excluding steroid dienone is 1. The van der Waals surface area contributed by atoms with Gasteiger partial charge in [-0.2, -0.15) is 0 Å². The first-order valence-corrected chi connectivity index (χ1v) is 9.97. The average molecular weight is 442 g/mol. The van der Waals surface area contributed by atoms with Gasteiger partial charge in [0.15, 0.2) is 5.78 Å². The molecule has 2 aromatic carbocycles. The number of ether oxygens (including phenoxy) is 1. The average Bonchev–Trinajstić information content (AvgIpc) is 3.00. The zero-order chi connectivity index (χ0) is 20.1. The van der Waals surface area contributed by atoms with Crippen LogP contribution in [0.25, 0.3) is 0 Å². The molecule has 2 aliphatic rings. The maximum absolute atomic E-state index is 13.0. The molecule has 0 saturated heterocycles. The molecule has 0 amide bonds. The van der Waals surface area contributed by atoms with E-state index in [0.29, 0.717) is 12.8 Å². The molecule has 144 valence electrons. The van der Waals surface area contributed by atoms with Crippen molar-refractivity contribution in [2.45, 2.75) is 38.7 Å². The zero-order valence-corrected chi connectivity index (χ0v) is 17.2. The number of carbonyl (C=O) groups is 1. The summed E-state index contributed by atoms with van der Waals surface area (Å²) >= 11 is 3.46. The number of non-ortho nitro benzene ring substituents is 1. The molecule has 0 fully saturated rings. The number of hydrogen-bond donors (Lipinski definition) is 0. The highest BCUT2D eigenvalue weighted by molar-refractivity contribution is 9.10. The monoisotopic (exact) mass is 441 g/mol. The fraction of sp³-hybridized carbons (Fsp3) is 0.318. The molecule has 28 heavy (non-hydrogen) atoms. The second-order valence-electron chi connectivity index (χ2n) is 8.19. The molecule has 1 aliphatic heterocycles. The van der Waals surface area contributed by atoms with Crippen molar-refractivity contribution in [1.29, 1.82) is 0 Å². The van der Waals surface area contributed by atoms with E-state index in [1.165, 1.54) is 12.1 Å². The number of nitro benzene ring substituents is 1. The molecular formula is C22H20BrNO4. The summed E-state index contributed by atoms with van der Waals surface area (Å²) in [7, 11) is 0. The number of halogens is 1. The number of hydrogen-bond acceptors (Lipinski definition) is 4. The summed E-state index contributed by atoms with van der Waals surface area (Å²) in [6.07, 6.45) is 0.838. The topological polar surface area (TPSA) is 69.4 Å². The van der Waals surface area contributed by atoms with Gasteiger partial charge in [-0.1, -0.05) is 41.9 Å². The smallest absolute Gasteiger partial charge is 0.269 e. The Hall–Kier alpha value is -2.47. The van der Waals surface area contributed by atoms with E-state index in [2.05, 4.69) is 29.8 Å². The van der Waals surface area contributed by atoms with Gasteiger partial charge >= 0.3 is 0 Å². The first kappa shape index (κ1) is 18.9. The Kier molecular flexibility index (Phi) is 4.62. The lowest BCUT2D eigenvalue weighted by Gasteiger charge is -2.29. The van der Waals surface area contributed by atoms with Crippen molar-refractivity contribution in [3.8, 4) is 0 Å². The maximum atomic E-state index is 13.0. The highest BCUT2D eigenvalue weighted by atomic mass is 79.9. The third-order valence-corrected chi connectivity index (χ3v) is 5.95. The lowest BCUT2D eigenvalue weighted by Crippen LogP contribution is -2.26. The van der Waals surface area contributed by atoms with E-state index in [-0.39, 0.29) is 28.9 Å². The van der Waals surface area contributed by atoms with Crippen LogP contribution in [0.5, 0.6) is 0 Å². The summed E-state index contributed by atoms with van der Waals surface area (Å²) in [5.41, 5.74) is 2.50. The first-order valence-electron chi connectivity index (χ1n) is 9.18. The number of ketones is 1. The summed E-state index contributed by atoms with van der Waals surface area (Å²) in [4.78, 5) is 23.6. The molecule has 0 radical (unpaired) electrons. The van der Waals surface area contributed by atoms with Crippen LogP contribution in [0.1, 0.15) is 49.8 Å². The van der Waals surface area contributed by atoms with Crippen LogP contribution in [-0.2, 0) is 9.53 Å². The second kappa shape index (κ2) is 6.85. The Bertz CT molecular complexity index is 977. The number of nitrogens with zero attached hydrogens (tertiary/aromatic N) is 1. The quantitative estimate of drug-likeness (QED) is 0.441. The van der Waals surface area contributed by atoms with E-state index >= 15 is 0 Å². The Morgan fingerprint density at radius 1 is 1.04 bits per heavy atom. The molecule has 0 N–H and O–H groups in total. The molecule has 1 aliphatic carbocycles. The third-order valence-electron chi connectivity index (χ3n) is 5.42. The Morgan fingerprint density at radius 3 is 2.25 bits per heavy atom. The minimum Gasteiger partial charge on any atom is -0.489 e. The van der Waals surface area contributed by atoms with Crippen LogP contribution in [0.4, 0.5) is 5.69 Å². The fourth-order valence-corrected chi connectivity index (χ4v) is 4.42. The number of benzene rings is 2. The van der Waals surface area contributed by atoms with E-state index in [0.717, 1.165) is 26.9 Å². The van der Waals surface area contributed by atoms with Crippen LogP contribution in [0, 0.1) is 15.5 Å². The van der Waals surface area contributed by atoms with Gasteiger partial charge in [-0.3, -0.25) is 14.9 Å². The summed E-state index contributed by atoms with van der Waals surface area (Å²) in [5.74, 6) is 0.675. The van der Waals surface area contributed by atoms with Crippen LogP contribution in [-0.4, -0.2) is 10.7 Å². The van der Waals surface area contributed by atoms with Gasteiger partial charge in [-0.15, -0.1) is 0 Å². The standard InChI is InChI=1S/C22H20BrNO4/c1-22(2)11-17(25)20-18(12-22)28-21(14-5-9-16(10-6-14)24(26)27)19(20)13-3-7-15(23)8-4-13/h3-10,19,21H,11-12H2,1-2H3/t19-,21+/m0/s1. The number of Topliss-reactive ketones (excluding diaryl/α,β-unsaturated/α-hetero) is 1. The zero-order valence-electron chi connectivity index (χ0n) is 15.6. The van der Waals surface area contributed by atoms with Crippen molar-refractivity contribution in [2.24, 2.45) is 5.41 Å². The Labute approximate surface area is 171 Å². The predicted octanol–water partition coefficient (Wildman–Crippen LogP) is 5.86. The third kappa shape index (κ3) is 3.37. The fourth-order valence-electron chi connectivity index (χ4n) is 4.16. The minimum absolute atomic E-state index is 0.0388. The number of rotatable bonds is 3. The Morgan fingerprint density at radius 2 is 1.64 bits per heavy atom. The van der Waals surface area contributed by atoms with Crippen LogP contribution < -0.4 is 0 Å². The van der Waals surface area contributed by atoms with Crippen LogP contribution in [0.2, 0.25) is 0 Å². The highest BCUT2D eigenvalue weighted by Crippen LogP contribution is 2.54. The summed E-state index contributed by atoms with van der Waals surface area (Å²) in [6, 6.07) is 14.3. The lowest BCUT2D eigenvalue weighted by atomic mass is 9.72. The van der Waals surface area contributed by atoms with Crippen molar-refractivity contribution in [3.05, 3.63) is 85.6 Å². The van der Waals surface area contributed by atoms with Crippen molar-refractivity contribution >= 4 is 27.4 Å². The van der Waals surface area contributed by atoms with Gasteiger partial charge in [0.1, 0.15) is 11.9 Å². The number of carbonyl (C=O) groups excluding carboxylic acids is 1. The SMILES string of the molecule is CC1(C)CC(=O)C2=C(C1)O[C@H](c1ccc([N+](=O)[O-])cc1)[C@H]2c1ccc(Br)cc1. The van der Waals surface area contributed by atoms with Crippen LogP contribution >= 0.6 is 15.9 Å². The van der Waals surface area contributed by atoms with Gasteiger partial charge in [0.25, 0.3) is 5.69 Å². The van der Waals surface area contributed by atoms with Gasteiger partial charge in [-0.05, 0) is 40.8 Å². The number of nitro groups is 1. The molecule has 0 bridgehead atoms. The molecule has 4 rings (SSSR count). The van der Waals surface area contributed by atoms with E-state index < -0.39 is 4.92 Å². The van der Waals surface area contributed by atoms with E-state index in [1.54, 1.807) is 12.1 Å². The summed E-state index contributed by atoms with van der Waals surface area (Å²) in [5, 5.41) is 11.0. The van der Waals surface area contributed by atoms with Gasteiger partial charge in [0.2, 0.25) is 0 Å². The van der Waals surface area contributed by atoms with Gasteiger partial charge in [0.05, 0.1) is 10.8 Å². The second-order valence-corrected chi connectivity index (χ2v) is 9.11. The molecule has 0 saturated carbocycles. The minimum atomic E-state index is -0.416. The van der Waals surface area contributed by atoms with E-state index in [4.69, 9.17) is 4.74 Å². The normalized spacial score (nSPS) is 23.3. The molecule has 1 heterocycles. The van der Waals surface area contributed by atoms with Gasteiger partial charge in [-0.25, -0.2) is 0 Å². The van der Waals surface area contributed by atoms with Crippen molar-refractivity contribution in [1.82, 2.24) is 0 Å². The largest absolute Gasteiger partial charge is 0.489 e. The predicted molar refractivity (Wildman–Crippen MR) is 109 cm³/mol. The summed E-state index contributed by atoms with van der Waals surface area (Å²) < 4.78 is 7.30. The molecule has 2 aromatic rings. The van der Waals surface area contributed by atoms with Gasteiger partial charge in [0, 0.05) is 35.0 Å².